The summed E-state index contributed by atoms with van der Waals surface area (Å²) >= 11 is 6.24. The number of guanidine groups is 1. The van der Waals surface area contributed by atoms with Crippen molar-refractivity contribution < 1.29 is 4.21 Å². The van der Waals surface area contributed by atoms with E-state index in [1.807, 2.05) is 58.9 Å². The molecule has 0 spiro atoms. The van der Waals surface area contributed by atoms with Gasteiger partial charge in [0.1, 0.15) is 0 Å². The number of hydrogen-bond donors (Lipinski definition) is 2. The maximum absolute atomic E-state index is 12.1. The summed E-state index contributed by atoms with van der Waals surface area (Å²) in [5.41, 5.74) is 1.03. The molecule has 0 aliphatic heterocycles. The quantitative estimate of drug-likeness (QED) is 0.362. The predicted octanol–water partition coefficient (Wildman–Crippen LogP) is 4.12. The summed E-state index contributed by atoms with van der Waals surface area (Å²) < 4.78 is 11.9. The van der Waals surface area contributed by atoms with Gasteiger partial charge in [-0.2, -0.15) is 0 Å². The van der Waals surface area contributed by atoms with Crippen LogP contribution >= 0.6 is 35.6 Å². The lowest BCUT2D eigenvalue weighted by Crippen LogP contribution is -2.39. The first-order valence-electron chi connectivity index (χ1n) is 7.93. The van der Waals surface area contributed by atoms with E-state index in [0.717, 1.165) is 17.1 Å². The number of aliphatic imine (C=N–C) groups is 1. The highest BCUT2D eigenvalue weighted by Gasteiger charge is 2.18. The van der Waals surface area contributed by atoms with Crippen LogP contribution in [-0.2, 0) is 10.8 Å². The predicted molar refractivity (Wildman–Crippen MR) is 117 cm³/mol. The minimum absolute atomic E-state index is 0. The Morgan fingerprint density at radius 3 is 2.50 bits per heavy atom. The second-order valence-corrected chi connectivity index (χ2v) is 9.04. The minimum Gasteiger partial charge on any atom is -0.357 e. The Labute approximate surface area is 170 Å². The van der Waals surface area contributed by atoms with Crippen LogP contribution in [-0.4, -0.2) is 33.8 Å². The van der Waals surface area contributed by atoms with E-state index in [1.165, 1.54) is 0 Å². The van der Waals surface area contributed by atoms with Gasteiger partial charge in [-0.1, -0.05) is 29.8 Å². The Morgan fingerprint density at radius 1 is 1.33 bits per heavy atom. The maximum Gasteiger partial charge on any atom is 0.191 e. The minimum atomic E-state index is -0.894. The van der Waals surface area contributed by atoms with Crippen LogP contribution in [0, 0.1) is 0 Å². The van der Waals surface area contributed by atoms with Crippen LogP contribution in [0.2, 0.25) is 5.02 Å². The zero-order chi connectivity index (χ0) is 17.5. The van der Waals surface area contributed by atoms with Crippen molar-refractivity contribution in [3.8, 4) is 0 Å². The van der Waals surface area contributed by atoms with Gasteiger partial charge < -0.3 is 10.6 Å². The molecule has 4 nitrogen and oxygen atoms in total. The molecule has 0 saturated heterocycles. The molecule has 7 heteroatoms. The zero-order valence-corrected chi connectivity index (χ0v) is 19.0. The first kappa shape index (κ1) is 23.7. The SMILES string of the molecule is CCNC(=NCCS(=O)C(C)(C)C)NC(C)c1ccccc1Cl.I. The van der Waals surface area contributed by atoms with Gasteiger partial charge in [-0.15, -0.1) is 24.0 Å². The zero-order valence-electron chi connectivity index (χ0n) is 15.1. The Kier molecular flexibility index (Phi) is 11.1. The van der Waals surface area contributed by atoms with Crippen molar-refractivity contribution in [2.75, 3.05) is 18.8 Å². The fourth-order valence-electron chi connectivity index (χ4n) is 1.98. The molecule has 2 N–H and O–H groups in total. The summed E-state index contributed by atoms with van der Waals surface area (Å²) in [6, 6.07) is 7.80. The van der Waals surface area contributed by atoms with E-state index in [0.29, 0.717) is 18.3 Å². The van der Waals surface area contributed by atoms with E-state index in [1.54, 1.807) is 0 Å². The molecular formula is C17H29ClIN3OS. The Bertz CT molecular complexity index is 561. The highest BCUT2D eigenvalue weighted by molar-refractivity contribution is 14.0. The molecule has 24 heavy (non-hydrogen) atoms. The second-order valence-electron chi connectivity index (χ2n) is 6.31. The van der Waals surface area contributed by atoms with Gasteiger partial charge in [-0.25, -0.2) is 0 Å². The lowest BCUT2D eigenvalue weighted by atomic mass is 10.1. The highest BCUT2D eigenvalue weighted by atomic mass is 127. The molecule has 0 aliphatic rings. The van der Waals surface area contributed by atoms with Crippen LogP contribution in [0.15, 0.2) is 29.3 Å². The van der Waals surface area contributed by atoms with Gasteiger partial charge in [0.15, 0.2) is 5.96 Å². The molecule has 1 aromatic rings. The fraction of sp³-hybridized carbons (Fsp3) is 0.588. The third-order valence-corrected chi connectivity index (χ3v) is 5.56. The Morgan fingerprint density at radius 2 is 1.96 bits per heavy atom. The van der Waals surface area contributed by atoms with E-state index in [-0.39, 0.29) is 34.8 Å². The molecule has 0 aromatic heterocycles. The molecule has 1 aromatic carbocycles. The molecule has 0 fully saturated rings. The first-order chi connectivity index (χ1) is 10.8. The lowest BCUT2D eigenvalue weighted by molar-refractivity contribution is 0.648. The molecule has 0 aliphatic carbocycles. The van der Waals surface area contributed by atoms with Crippen molar-refractivity contribution in [3.63, 3.8) is 0 Å². The molecule has 2 atom stereocenters. The van der Waals surface area contributed by atoms with Crippen LogP contribution in [0.25, 0.3) is 0 Å². The number of nitrogens with one attached hydrogen (secondary N) is 2. The van der Waals surface area contributed by atoms with Crippen LogP contribution < -0.4 is 10.6 Å². The van der Waals surface area contributed by atoms with Gasteiger partial charge in [-0.05, 0) is 46.2 Å². The third kappa shape index (κ3) is 8.16. The van der Waals surface area contributed by atoms with Gasteiger partial charge >= 0.3 is 0 Å². The molecule has 2 unspecified atom stereocenters. The Hall–Kier alpha value is -0.340. The van der Waals surface area contributed by atoms with Crippen LogP contribution in [0.1, 0.15) is 46.2 Å². The number of benzene rings is 1. The Balaban J connectivity index is 0.00000529. The van der Waals surface area contributed by atoms with E-state index < -0.39 is 10.8 Å². The van der Waals surface area contributed by atoms with Crippen molar-refractivity contribution in [2.45, 2.75) is 45.4 Å². The molecule has 0 bridgehead atoms. The summed E-state index contributed by atoms with van der Waals surface area (Å²) in [4.78, 5) is 4.52. The topological polar surface area (TPSA) is 53.5 Å². The monoisotopic (exact) mass is 485 g/mol. The molecular weight excluding hydrogens is 457 g/mol. The first-order valence-corrected chi connectivity index (χ1v) is 9.63. The van der Waals surface area contributed by atoms with Crippen molar-refractivity contribution >= 4 is 52.3 Å². The van der Waals surface area contributed by atoms with Crippen molar-refractivity contribution in [2.24, 2.45) is 4.99 Å². The number of halogens is 2. The molecule has 0 radical (unpaired) electrons. The maximum atomic E-state index is 12.1. The molecule has 0 amide bonds. The number of rotatable bonds is 6. The van der Waals surface area contributed by atoms with Crippen LogP contribution in [0.4, 0.5) is 0 Å². The second kappa shape index (κ2) is 11.3. The van der Waals surface area contributed by atoms with Gasteiger partial charge in [0.2, 0.25) is 0 Å². The molecule has 0 heterocycles. The van der Waals surface area contributed by atoms with Crippen LogP contribution in [0.3, 0.4) is 0 Å². The molecule has 0 saturated carbocycles. The molecule has 1 rings (SSSR count). The van der Waals surface area contributed by atoms with Crippen LogP contribution in [0.5, 0.6) is 0 Å². The number of nitrogens with zero attached hydrogens (tertiary/aromatic N) is 1. The smallest absolute Gasteiger partial charge is 0.191 e. The lowest BCUT2D eigenvalue weighted by Gasteiger charge is -2.20. The van der Waals surface area contributed by atoms with Crippen molar-refractivity contribution in [1.82, 2.24) is 10.6 Å². The van der Waals surface area contributed by atoms with Gasteiger partial charge in [-0.3, -0.25) is 9.20 Å². The summed E-state index contributed by atoms with van der Waals surface area (Å²) in [6.07, 6.45) is 0. The summed E-state index contributed by atoms with van der Waals surface area (Å²) in [5, 5.41) is 7.29. The average Bonchev–Trinajstić information content (AvgIpc) is 2.46. The van der Waals surface area contributed by atoms with Gasteiger partial charge in [0.05, 0.1) is 12.6 Å². The van der Waals surface area contributed by atoms with E-state index >= 15 is 0 Å². The van der Waals surface area contributed by atoms with E-state index in [4.69, 9.17) is 11.6 Å². The summed E-state index contributed by atoms with van der Waals surface area (Å²) in [6.45, 7) is 11.3. The summed E-state index contributed by atoms with van der Waals surface area (Å²) in [7, 11) is -0.894. The normalized spacial score (nSPS) is 14.5. The highest BCUT2D eigenvalue weighted by Crippen LogP contribution is 2.21. The standard InChI is InChI=1S/C17H28ClN3OS.HI/c1-6-19-16(20-11-12-23(22)17(3,4)5)21-13(2)14-9-7-8-10-15(14)18;/h7-10,13H,6,11-12H2,1-5H3,(H2,19,20,21);1H. The summed E-state index contributed by atoms with van der Waals surface area (Å²) in [5.74, 6) is 1.27. The van der Waals surface area contributed by atoms with Gasteiger partial charge in [0.25, 0.3) is 0 Å². The van der Waals surface area contributed by atoms with Crippen molar-refractivity contribution in [1.29, 1.82) is 0 Å². The molecule has 138 valence electrons. The fourth-order valence-corrected chi connectivity index (χ4v) is 3.14. The third-order valence-electron chi connectivity index (χ3n) is 3.30. The average molecular weight is 486 g/mol. The largest absolute Gasteiger partial charge is 0.357 e. The van der Waals surface area contributed by atoms with E-state index in [9.17, 15) is 4.21 Å². The van der Waals surface area contributed by atoms with E-state index in [2.05, 4.69) is 15.6 Å². The van der Waals surface area contributed by atoms with Gasteiger partial charge in [0, 0.05) is 32.9 Å². The van der Waals surface area contributed by atoms with Crippen molar-refractivity contribution in [3.05, 3.63) is 34.9 Å². The number of hydrogen-bond acceptors (Lipinski definition) is 2.